The van der Waals surface area contributed by atoms with Gasteiger partial charge in [-0.05, 0) is 43.5 Å². The van der Waals surface area contributed by atoms with Gasteiger partial charge in [0.1, 0.15) is 0 Å². The van der Waals surface area contributed by atoms with Gasteiger partial charge in [0, 0.05) is 19.6 Å². The highest BCUT2D eigenvalue weighted by molar-refractivity contribution is 7.89. The molecule has 0 atom stereocenters. The second-order valence-corrected chi connectivity index (χ2v) is 7.13. The largest absolute Gasteiger partial charge is 0.313 e. The number of nitrogens with one attached hydrogen (secondary N) is 2. The van der Waals surface area contributed by atoms with Crippen LogP contribution >= 0.6 is 0 Å². The van der Waals surface area contributed by atoms with Crippen LogP contribution in [0.5, 0.6) is 0 Å². The Hall–Kier alpha value is -0.950. The topological polar surface area (TPSA) is 61.4 Å². The summed E-state index contributed by atoms with van der Waals surface area (Å²) in [5.41, 5.74) is 0.991. The Morgan fingerprint density at radius 2 is 1.95 bits per heavy atom. The summed E-state index contributed by atoms with van der Waals surface area (Å²) in [6, 6.07) is 7.14. The zero-order valence-corrected chi connectivity index (χ0v) is 13.5. The molecule has 6 heteroatoms. The van der Waals surface area contributed by atoms with E-state index in [1.807, 2.05) is 6.07 Å². The van der Waals surface area contributed by atoms with Crippen LogP contribution in [0, 0.1) is 0 Å². The summed E-state index contributed by atoms with van der Waals surface area (Å²) >= 11 is 0. The highest BCUT2D eigenvalue weighted by Gasteiger charge is 2.19. The molecule has 0 bridgehead atoms. The van der Waals surface area contributed by atoms with Gasteiger partial charge in [-0.25, -0.2) is 13.4 Å². The first-order valence-electron chi connectivity index (χ1n) is 7.69. The van der Waals surface area contributed by atoms with Gasteiger partial charge in [0.05, 0.1) is 4.90 Å². The number of benzene rings is 1. The lowest BCUT2D eigenvalue weighted by molar-refractivity contribution is 0.200. The SMILES string of the molecule is CCCNCc1cccc(S(=O)(=O)NN2CCCCC2)c1. The molecule has 118 valence electrons. The standard InChI is InChI=1S/C15H25N3O2S/c1-2-9-16-13-14-7-6-8-15(12-14)21(19,20)17-18-10-4-3-5-11-18/h6-8,12,16-17H,2-5,9-11,13H2,1H3. The first-order chi connectivity index (χ1) is 10.1. The van der Waals surface area contributed by atoms with Crippen LogP contribution in [-0.2, 0) is 16.6 Å². The first kappa shape index (κ1) is 16.4. The Morgan fingerprint density at radius 3 is 2.67 bits per heavy atom. The molecule has 1 aromatic rings. The molecular formula is C15H25N3O2S. The predicted molar refractivity (Wildman–Crippen MR) is 84.2 cm³/mol. The van der Waals surface area contributed by atoms with Crippen LogP contribution in [0.2, 0.25) is 0 Å². The van der Waals surface area contributed by atoms with E-state index < -0.39 is 10.0 Å². The maximum Gasteiger partial charge on any atom is 0.253 e. The average molecular weight is 311 g/mol. The van der Waals surface area contributed by atoms with Gasteiger partial charge >= 0.3 is 0 Å². The number of sulfonamides is 1. The molecule has 0 saturated carbocycles. The molecular weight excluding hydrogens is 286 g/mol. The van der Waals surface area contributed by atoms with Gasteiger partial charge in [-0.15, -0.1) is 4.83 Å². The van der Waals surface area contributed by atoms with Gasteiger partial charge < -0.3 is 5.32 Å². The van der Waals surface area contributed by atoms with Crippen molar-refractivity contribution in [2.24, 2.45) is 0 Å². The molecule has 1 aliphatic rings. The minimum Gasteiger partial charge on any atom is -0.313 e. The molecule has 0 spiro atoms. The Kier molecular flexibility index (Phi) is 6.17. The van der Waals surface area contributed by atoms with E-state index in [0.717, 1.165) is 44.5 Å². The lowest BCUT2D eigenvalue weighted by Crippen LogP contribution is -2.44. The molecule has 0 unspecified atom stereocenters. The maximum absolute atomic E-state index is 12.4. The zero-order valence-electron chi connectivity index (χ0n) is 12.6. The van der Waals surface area contributed by atoms with E-state index in [1.54, 1.807) is 23.2 Å². The maximum atomic E-state index is 12.4. The number of nitrogens with zero attached hydrogens (tertiary/aromatic N) is 1. The fourth-order valence-electron chi connectivity index (χ4n) is 2.44. The van der Waals surface area contributed by atoms with Crippen molar-refractivity contribution in [2.75, 3.05) is 19.6 Å². The minimum absolute atomic E-state index is 0.337. The number of hydrogen-bond acceptors (Lipinski definition) is 4. The molecule has 0 aliphatic carbocycles. The van der Waals surface area contributed by atoms with E-state index in [0.29, 0.717) is 11.4 Å². The third-order valence-electron chi connectivity index (χ3n) is 3.57. The lowest BCUT2D eigenvalue weighted by atomic mass is 10.2. The quantitative estimate of drug-likeness (QED) is 0.755. The van der Waals surface area contributed by atoms with Gasteiger partial charge in [0.15, 0.2) is 0 Å². The summed E-state index contributed by atoms with van der Waals surface area (Å²) in [4.78, 5) is 3.03. The molecule has 1 aliphatic heterocycles. The molecule has 1 heterocycles. The van der Waals surface area contributed by atoms with E-state index in [4.69, 9.17) is 0 Å². The van der Waals surface area contributed by atoms with Gasteiger partial charge in [-0.3, -0.25) is 0 Å². The van der Waals surface area contributed by atoms with Gasteiger partial charge in [-0.2, -0.15) is 0 Å². The summed E-state index contributed by atoms with van der Waals surface area (Å²) in [5, 5.41) is 5.09. The monoisotopic (exact) mass is 311 g/mol. The molecule has 1 fully saturated rings. The van der Waals surface area contributed by atoms with Crippen molar-refractivity contribution in [1.29, 1.82) is 0 Å². The van der Waals surface area contributed by atoms with Crippen LogP contribution < -0.4 is 10.1 Å². The number of hydrogen-bond donors (Lipinski definition) is 2. The summed E-state index contributed by atoms with van der Waals surface area (Å²) < 4.78 is 24.8. The second-order valence-electron chi connectivity index (χ2n) is 5.47. The van der Waals surface area contributed by atoms with Crippen LogP contribution in [0.25, 0.3) is 0 Å². The first-order valence-corrected chi connectivity index (χ1v) is 9.17. The summed E-state index contributed by atoms with van der Waals surface area (Å²) in [5.74, 6) is 0. The Balaban J connectivity index is 2.02. The Morgan fingerprint density at radius 1 is 1.19 bits per heavy atom. The number of piperidine rings is 1. The van der Waals surface area contributed by atoms with Crippen molar-refractivity contribution >= 4 is 10.0 Å². The fraction of sp³-hybridized carbons (Fsp3) is 0.600. The average Bonchev–Trinajstić information content (AvgIpc) is 2.48. The number of rotatable bonds is 7. The normalized spacial score (nSPS) is 17.0. The molecule has 21 heavy (non-hydrogen) atoms. The second kappa shape index (κ2) is 7.89. The lowest BCUT2D eigenvalue weighted by Gasteiger charge is -2.26. The minimum atomic E-state index is -3.46. The van der Waals surface area contributed by atoms with Crippen LogP contribution in [0.15, 0.2) is 29.2 Å². The summed E-state index contributed by atoms with van der Waals surface area (Å²) in [6.07, 6.45) is 4.33. The fourth-order valence-corrected chi connectivity index (χ4v) is 3.63. The van der Waals surface area contributed by atoms with E-state index in [9.17, 15) is 8.42 Å². The van der Waals surface area contributed by atoms with E-state index in [-0.39, 0.29) is 0 Å². The molecule has 0 aromatic heterocycles. The van der Waals surface area contributed by atoms with Crippen LogP contribution in [0.4, 0.5) is 0 Å². The van der Waals surface area contributed by atoms with Crippen LogP contribution in [0.3, 0.4) is 0 Å². The van der Waals surface area contributed by atoms with Crippen molar-refractivity contribution in [3.05, 3.63) is 29.8 Å². The molecule has 1 aromatic carbocycles. The summed E-state index contributed by atoms with van der Waals surface area (Å²) in [6.45, 7) is 5.31. The predicted octanol–water partition coefficient (Wildman–Crippen LogP) is 1.87. The van der Waals surface area contributed by atoms with E-state index in [2.05, 4.69) is 17.1 Å². The summed E-state index contributed by atoms with van der Waals surface area (Å²) in [7, 11) is -3.46. The van der Waals surface area contributed by atoms with Crippen molar-refractivity contribution in [2.45, 2.75) is 44.0 Å². The highest BCUT2D eigenvalue weighted by Crippen LogP contribution is 2.14. The molecule has 1 saturated heterocycles. The van der Waals surface area contributed by atoms with Crippen molar-refractivity contribution in [3.8, 4) is 0 Å². The third-order valence-corrected chi connectivity index (χ3v) is 4.94. The Bertz CT molecular complexity index is 540. The Labute approximate surface area is 127 Å². The third kappa shape index (κ3) is 5.07. The highest BCUT2D eigenvalue weighted by atomic mass is 32.2. The van der Waals surface area contributed by atoms with Gasteiger partial charge in [-0.1, -0.05) is 25.5 Å². The van der Waals surface area contributed by atoms with Gasteiger partial charge in [0.2, 0.25) is 0 Å². The van der Waals surface area contributed by atoms with E-state index in [1.165, 1.54) is 6.42 Å². The van der Waals surface area contributed by atoms with Crippen molar-refractivity contribution in [1.82, 2.24) is 15.2 Å². The molecule has 2 N–H and O–H groups in total. The smallest absolute Gasteiger partial charge is 0.253 e. The van der Waals surface area contributed by atoms with Crippen molar-refractivity contribution in [3.63, 3.8) is 0 Å². The van der Waals surface area contributed by atoms with Gasteiger partial charge in [0.25, 0.3) is 10.0 Å². The molecule has 2 rings (SSSR count). The van der Waals surface area contributed by atoms with Crippen LogP contribution in [-0.4, -0.2) is 33.1 Å². The van der Waals surface area contributed by atoms with E-state index >= 15 is 0 Å². The van der Waals surface area contributed by atoms with Crippen LogP contribution in [0.1, 0.15) is 38.2 Å². The molecule has 0 amide bonds. The number of hydrazine groups is 1. The zero-order chi connectivity index (χ0) is 15.1. The molecule has 0 radical (unpaired) electrons. The van der Waals surface area contributed by atoms with Crippen molar-refractivity contribution < 1.29 is 8.42 Å². The molecule has 5 nitrogen and oxygen atoms in total.